The summed E-state index contributed by atoms with van der Waals surface area (Å²) in [7, 11) is 0. The quantitative estimate of drug-likeness (QED) is 0.650. The number of rotatable bonds is 0. The van der Waals surface area contributed by atoms with Crippen LogP contribution in [0.5, 0.6) is 5.75 Å². The molecule has 0 atom stereocenters. The van der Waals surface area contributed by atoms with Crippen LogP contribution in [0.15, 0.2) is 12.3 Å². The lowest BCUT2D eigenvalue weighted by Gasteiger charge is -2.31. The zero-order valence-electron chi connectivity index (χ0n) is 10.4. The maximum absolute atomic E-state index is 5.58. The van der Waals surface area contributed by atoms with Gasteiger partial charge in [0.05, 0.1) is 12.3 Å². The van der Waals surface area contributed by atoms with Gasteiger partial charge in [-0.1, -0.05) is 27.7 Å². The summed E-state index contributed by atoms with van der Waals surface area (Å²) in [6.45, 7) is 11.3. The van der Waals surface area contributed by atoms with Gasteiger partial charge in [0.25, 0.3) is 0 Å². The highest BCUT2D eigenvalue weighted by atomic mass is 16.5. The molecule has 0 unspecified atom stereocenters. The van der Waals surface area contributed by atoms with Crippen LogP contribution in [0.2, 0.25) is 0 Å². The molecule has 1 aromatic heterocycles. The van der Waals surface area contributed by atoms with Crippen molar-refractivity contribution in [2.24, 2.45) is 0 Å². The number of nitrogens with zero attached hydrogens (tertiary/aromatic N) is 1. The van der Waals surface area contributed by atoms with Gasteiger partial charge in [-0.2, -0.15) is 0 Å². The average molecular weight is 207 g/mol. The Morgan fingerprint density at radius 2 is 2.00 bits per heavy atom. The molecule has 2 heteroatoms. The first-order valence-corrected chi connectivity index (χ1v) is 5.69. The molecule has 1 aromatic rings. The molecule has 0 saturated heterocycles. The Hall–Kier alpha value is -1.05. The van der Waals surface area contributed by atoms with Gasteiger partial charge in [0, 0.05) is 11.6 Å². The van der Waals surface area contributed by atoms with Crippen LogP contribution in [0.4, 0.5) is 0 Å². The molecule has 0 N–H and O–H groups in total. The van der Waals surface area contributed by atoms with Crippen LogP contribution in [-0.2, 0) is 5.41 Å². The van der Waals surface area contributed by atoms with Gasteiger partial charge in [0.2, 0.25) is 0 Å². The molecule has 2 heterocycles. The highest BCUT2D eigenvalue weighted by Gasteiger charge is 2.29. The van der Waals surface area contributed by atoms with Crippen molar-refractivity contribution >= 4 is 0 Å². The van der Waals surface area contributed by atoms with Crippen LogP contribution < -0.4 is 4.74 Å². The minimum Gasteiger partial charge on any atom is -0.492 e. The normalized spacial score (nSPS) is 16.9. The predicted molar refractivity (Wildman–Crippen MR) is 63.5 cm³/mol. The molecule has 2 rings (SSSR count). The van der Waals surface area contributed by atoms with Crippen LogP contribution in [0.1, 0.15) is 45.4 Å². The van der Waals surface area contributed by atoms with E-state index in [9.17, 15) is 0 Å². The summed E-state index contributed by atoms with van der Waals surface area (Å²) < 4.78 is 5.58. The fourth-order valence-corrected chi connectivity index (χ4v) is 1.70. The van der Waals surface area contributed by atoms with Gasteiger partial charge in [-0.25, -0.2) is 0 Å². The third kappa shape index (κ3) is 2.49. The van der Waals surface area contributed by atoms with Crippen molar-refractivity contribution in [2.45, 2.75) is 46.5 Å². The second-order valence-electron chi connectivity index (χ2n) is 4.34. The SMILES string of the molecule is CC.Cc1cnc2c(c1)OCCC2(C)C. The number of ether oxygens (including phenoxy) is 1. The maximum Gasteiger partial charge on any atom is 0.141 e. The Balaban J connectivity index is 0.000000531. The number of pyridine rings is 1. The van der Waals surface area contributed by atoms with Crippen molar-refractivity contribution in [3.05, 3.63) is 23.5 Å². The minimum absolute atomic E-state index is 0.168. The Kier molecular flexibility index (Phi) is 3.72. The van der Waals surface area contributed by atoms with Gasteiger partial charge in [0.15, 0.2) is 0 Å². The van der Waals surface area contributed by atoms with Crippen LogP contribution in [0.3, 0.4) is 0 Å². The highest BCUT2D eigenvalue weighted by molar-refractivity contribution is 5.37. The smallest absolute Gasteiger partial charge is 0.141 e. The van der Waals surface area contributed by atoms with E-state index < -0.39 is 0 Å². The second-order valence-corrected chi connectivity index (χ2v) is 4.34. The fraction of sp³-hybridized carbons (Fsp3) is 0.615. The highest BCUT2D eigenvalue weighted by Crippen LogP contribution is 2.36. The van der Waals surface area contributed by atoms with Crippen molar-refractivity contribution in [1.82, 2.24) is 4.98 Å². The number of hydrogen-bond donors (Lipinski definition) is 0. The summed E-state index contributed by atoms with van der Waals surface area (Å²) in [5, 5.41) is 0. The Bertz CT molecular complexity index is 331. The largest absolute Gasteiger partial charge is 0.492 e. The van der Waals surface area contributed by atoms with E-state index in [2.05, 4.69) is 24.9 Å². The first-order valence-electron chi connectivity index (χ1n) is 5.69. The summed E-state index contributed by atoms with van der Waals surface area (Å²) in [6.07, 6.45) is 2.96. The average Bonchev–Trinajstić information content (AvgIpc) is 2.19. The van der Waals surface area contributed by atoms with Crippen LogP contribution in [-0.4, -0.2) is 11.6 Å². The molecule has 0 radical (unpaired) electrons. The van der Waals surface area contributed by atoms with E-state index in [4.69, 9.17) is 4.74 Å². The molecule has 0 saturated carbocycles. The van der Waals surface area contributed by atoms with Gasteiger partial charge in [-0.3, -0.25) is 4.98 Å². The summed E-state index contributed by atoms with van der Waals surface area (Å²) in [4.78, 5) is 4.45. The molecule has 1 aliphatic rings. The van der Waals surface area contributed by atoms with E-state index in [1.54, 1.807) is 0 Å². The van der Waals surface area contributed by atoms with E-state index in [0.29, 0.717) is 0 Å². The van der Waals surface area contributed by atoms with Crippen molar-refractivity contribution in [1.29, 1.82) is 0 Å². The third-order valence-electron chi connectivity index (χ3n) is 2.62. The number of hydrogen-bond acceptors (Lipinski definition) is 2. The van der Waals surface area contributed by atoms with Crippen molar-refractivity contribution in [3.63, 3.8) is 0 Å². The lowest BCUT2D eigenvalue weighted by atomic mass is 9.83. The van der Waals surface area contributed by atoms with E-state index in [0.717, 1.165) is 30.0 Å². The van der Waals surface area contributed by atoms with Gasteiger partial charge < -0.3 is 4.74 Å². The van der Waals surface area contributed by atoms with Crippen LogP contribution in [0.25, 0.3) is 0 Å². The van der Waals surface area contributed by atoms with E-state index >= 15 is 0 Å². The Labute approximate surface area is 92.7 Å². The van der Waals surface area contributed by atoms with Crippen molar-refractivity contribution < 1.29 is 4.74 Å². The van der Waals surface area contributed by atoms with Gasteiger partial charge in [-0.05, 0) is 25.0 Å². The third-order valence-corrected chi connectivity index (χ3v) is 2.62. The molecule has 0 aromatic carbocycles. The van der Waals surface area contributed by atoms with Crippen molar-refractivity contribution in [3.8, 4) is 5.75 Å². The predicted octanol–water partition coefficient (Wildman–Crippen LogP) is 3.48. The van der Waals surface area contributed by atoms with E-state index in [-0.39, 0.29) is 5.41 Å². The Morgan fingerprint density at radius 1 is 1.33 bits per heavy atom. The lowest BCUT2D eigenvalue weighted by Crippen LogP contribution is -2.27. The molecule has 0 fully saturated rings. The number of aromatic nitrogens is 1. The zero-order chi connectivity index (χ0) is 11.5. The summed E-state index contributed by atoms with van der Waals surface area (Å²) in [5.74, 6) is 0.969. The molecular formula is C13H21NO. The fourth-order valence-electron chi connectivity index (χ4n) is 1.70. The Morgan fingerprint density at radius 3 is 2.67 bits per heavy atom. The minimum atomic E-state index is 0.168. The summed E-state index contributed by atoms with van der Waals surface area (Å²) in [6, 6.07) is 2.07. The molecule has 15 heavy (non-hydrogen) atoms. The number of fused-ring (bicyclic) bond motifs is 1. The zero-order valence-corrected chi connectivity index (χ0v) is 10.4. The standard InChI is InChI=1S/C11H15NO.C2H6/c1-8-6-9-10(12-7-8)11(2,3)4-5-13-9;1-2/h6-7H,4-5H2,1-3H3;1-2H3. The summed E-state index contributed by atoms with van der Waals surface area (Å²) >= 11 is 0. The summed E-state index contributed by atoms with van der Waals surface area (Å²) in [5.41, 5.74) is 2.43. The molecule has 2 nitrogen and oxygen atoms in total. The molecule has 84 valence electrons. The molecule has 0 aliphatic carbocycles. The second kappa shape index (κ2) is 4.65. The van der Waals surface area contributed by atoms with Crippen LogP contribution >= 0.6 is 0 Å². The van der Waals surface area contributed by atoms with Crippen LogP contribution in [0, 0.1) is 6.92 Å². The molecular weight excluding hydrogens is 186 g/mol. The first-order chi connectivity index (χ1) is 7.09. The topological polar surface area (TPSA) is 22.1 Å². The van der Waals surface area contributed by atoms with Gasteiger partial charge in [-0.15, -0.1) is 0 Å². The lowest BCUT2D eigenvalue weighted by molar-refractivity contribution is 0.228. The monoisotopic (exact) mass is 207 g/mol. The van der Waals surface area contributed by atoms with E-state index in [1.165, 1.54) is 0 Å². The molecule has 0 bridgehead atoms. The molecule has 0 spiro atoms. The van der Waals surface area contributed by atoms with Crippen molar-refractivity contribution in [2.75, 3.05) is 6.61 Å². The molecule has 1 aliphatic heterocycles. The first kappa shape index (κ1) is 12.0. The maximum atomic E-state index is 5.58. The van der Waals surface area contributed by atoms with Gasteiger partial charge in [0.1, 0.15) is 5.75 Å². The molecule has 0 amide bonds. The number of aryl methyl sites for hydroxylation is 1. The van der Waals surface area contributed by atoms with E-state index in [1.807, 2.05) is 27.0 Å². The van der Waals surface area contributed by atoms with Gasteiger partial charge >= 0.3 is 0 Å².